The largest absolute Gasteiger partial charge is 0.455 e. The molecule has 0 bridgehead atoms. The van der Waals surface area contributed by atoms with Gasteiger partial charge in [0, 0.05) is 16.8 Å². The molecule has 5 heteroatoms. The molecule has 1 heterocycles. The second-order valence-corrected chi connectivity index (χ2v) is 8.65. The molecule has 0 saturated heterocycles. The van der Waals surface area contributed by atoms with Crippen LogP contribution in [0.5, 0.6) is 0 Å². The van der Waals surface area contributed by atoms with E-state index in [1.807, 2.05) is 30.3 Å². The number of rotatable bonds is 6. The predicted octanol–water partition coefficient (Wildman–Crippen LogP) is 5.92. The maximum Gasteiger partial charge on any atom is 0.287 e. The van der Waals surface area contributed by atoms with Crippen molar-refractivity contribution in [3.63, 3.8) is 0 Å². The number of halogens is 1. The molecule has 140 valence electrons. The van der Waals surface area contributed by atoms with E-state index in [9.17, 15) is 4.79 Å². The Morgan fingerprint density at radius 2 is 1.92 bits per heavy atom. The molecule has 3 atom stereocenters. The van der Waals surface area contributed by atoms with E-state index in [1.165, 1.54) is 18.4 Å². The highest BCUT2D eigenvalue weighted by atomic mass is 35.5. The number of carbonyl (C=O) groups excluding carboxylic acids is 1. The number of furan rings is 1. The SMILES string of the molecule is CC1CCCC(NC(=O)c2ccc(CSCc3ccc(Cl)cc3)o2)C1C. The number of hydrogen-bond donors (Lipinski definition) is 1. The predicted molar refractivity (Wildman–Crippen MR) is 109 cm³/mol. The van der Waals surface area contributed by atoms with Gasteiger partial charge in [0.15, 0.2) is 5.76 Å². The van der Waals surface area contributed by atoms with Crippen molar-refractivity contribution in [1.29, 1.82) is 0 Å². The Balaban J connectivity index is 1.49. The fourth-order valence-electron chi connectivity index (χ4n) is 3.45. The van der Waals surface area contributed by atoms with E-state index in [4.69, 9.17) is 16.0 Å². The quantitative estimate of drug-likeness (QED) is 0.664. The molecular formula is C21H26ClNO2S. The van der Waals surface area contributed by atoms with Crippen molar-refractivity contribution < 1.29 is 9.21 Å². The number of benzene rings is 1. The Hall–Kier alpha value is -1.39. The lowest BCUT2D eigenvalue weighted by Gasteiger charge is -2.34. The molecule has 1 fully saturated rings. The highest BCUT2D eigenvalue weighted by Gasteiger charge is 2.29. The van der Waals surface area contributed by atoms with E-state index >= 15 is 0 Å². The minimum absolute atomic E-state index is 0.0927. The fourth-order valence-corrected chi connectivity index (χ4v) is 4.47. The molecule has 1 N–H and O–H groups in total. The zero-order chi connectivity index (χ0) is 18.5. The van der Waals surface area contributed by atoms with Crippen molar-refractivity contribution in [2.75, 3.05) is 0 Å². The molecule has 3 nitrogen and oxygen atoms in total. The summed E-state index contributed by atoms with van der Waals surface area (Å²) >= 11 is 7.66. The minimum Gasteiger partial charge on any atom is -0.455 e. The van der Waals surface area contributed by atoms with Crippen LogP contribution in [0.4, 0.5) is 0 Å². The summed E-state index contributed by atoms with van der Waals surface area (Å²) in [6, 6.07) is 11.8. The van der Waals surface area contributed by atoms with E-state index in [0.717, 1.165) is 28.7 Å². The Morgan fingerprint density at radius 1 is 1.15 bits per heavy atom. The minimum atomic E-state index is -0.0927. The van der Waals surface area contributed by atoms with Gasteiger partial charge in [0.05, 0.1) is 5.75 Å². The van der Waals surface area contributed by atoms with Gasteiger partial charge in [-0.25, -0.2) is 0 Å². The van der Waals surface area contributed by atoms with Crippen LogP contribution in [0.3, 0.4) is 0 Å². The molecule has 1 aliphatic carbocycles. The lowest BCUT2D eigenvalue weighted by atomic mass is 9.78. The maximum atomic E-state index is 12.5. The third kappa shape index (κ3) is 5.08. The lowest BCUT2D eigenvalue weighted by Crippen LogP contribution is -2.43. The van der Waals surface area contributed by atoms with Crippen LogP contribution in [0.25, 0.3) is 0 Å². The van der Waals surface area contributed by atoms with Crippen LogP contribution in [-0.4, -0.2) is 11.9 Å². The first-order valence-corrected chi connectivity index (χ1v) is 10.8. The molecule has 0 spiro atoms. The summed E-state index contributed by atoms with van der Waals surface area (Å²) in [6.07, 6.45) is 3.49. The molecule has 3 rings (SSSR count). The molecule has 0 aliphatic heterocycles. The molecule has 0 radical (unpaired) electrons. The second kappa shape index (κ2) is 9.01. The van der Waals surface area contributed by atoms with Gasteiger partial charge in [-0.2, -0.15) is 0 Å². The van der Waals surface area contributed by atoms with E-state index in [-0.39, 0.29) is 11.9 Å². The first-order chi connectivity index (χ1) is 12.5. The standard InChI is InChI=1S/C21H26ClNO2S/c1-14-4-3-5-19(15(14)2)23-21(24)20-11-10-18(25-20)13-26-12-16-6-8-17(22)9-7-16/h6-11,14-15,19H,3-5,12-13H2,1-2H3,(H,23,24). The molecule has 1 aromatic heterocycles. The van der Waals surface area contributed by atoms with Crippen LogP contribution in [0.15, 0.2) is 40.8 Å². The summed E-state index contributed by atoms with van der Waals surface area (Å²) in [7, 11) is 0. The van der Waals surface area contributed by atoms with Crippen LogP contribution >= 0.6 is 23.4 Å². The van der Waals surface area contributed by atoms with Gasteiger partial charge in [-0.05, 0) is 48.1 Å². The topological polar surface area (TPSA) is 42.2 Å². The third-order valence-electron chi connectivity index (χ3n) is 5.34. The van der Waals surface area contributed by atoms with Crippen LogP contribution in [0, 0.1) is 11.8 Å². The average Bonchev–Trinajstić information content (AvgIpc) is 3.10. The Labute approximate surface area is 164 Å². The Morgan fingerprint density at radius 3 is 2.69 bits per heavy atom. The van der Waals surface area contributed by atoms with E-state index in [1.54, 1.807) is 17.8 Å². The highest BCUT2D eigenvalue weighted by molar-refractivity contribution is 7.97. The zero-order valence-electron chi connectivity index (χ0n) is 15.3. The van der Waals surface area contributed by atoms with Crippen LogP contribution in [-0.2, 0) is 11.5 Å². The number of hydrogen-bond acceptors (Lipinski definition) is 3. The average molecular weight is 392 g/mol. The van der Waals surface area contributed by atoms with Crippen LogP contribution in [0.1, 0.15) is 55.0 Å². The summed E-state index contributed by atoms with van der Waals surface area (Å²) in [5.74, 6) is 3.95. The monoisotopic (exact) mass is 391 g/mol. The van der Waals surface area contributed by atoms with Gasteiger partial charge in [-0.15, -0.1) is 11.8 Å². The van der Waals surface area contributed by atoms with Crippen molar-refractivity contribution in [3.8, 4) is 0 Å². The first-order valence-electron chi connectivity index (χ1n) is 9.24. The van der Waals surface area contributed by atoms with Crippen LogP contribution < -0.4 is 5.32 Å². The smallest absolute Gasteiger partial charge is 0.287 e. The molecule has 1 saturated carbocycles. The molecule has 26 heavy (non-hydrogen) atoms. The summed E-state index contributed by atoms with van der Waals surface area (Å²) < 4.78 is 5.75. The summed E-state index contributed by atoms with van der Waals surface area (Å²) in [5.41, 5.74) is 1.23. The summed E-state index contributed by atoms with van der Waals surface area (Å²) in [5, 5.41) is 3.92. The van der Waals surface area contributed by atoms with Gasteiger partial charge in [0.2, 0.25) is 0 Å². The van der Waals surface area contributed by atoms with Crippen molar-refractivity contribution in [2.45, 2.75) is 50.7 Å². The number of carbonyl (C=O) groups is 1. The Bertz CT molecular complexity index is 728. The van der Waals surface area contributed by atoms with Crippen LogP contribution in [0.2, 0.25) is 5.02 Å². The third-order valence-corrected chi connectivity index (χ3v) is 6.61. The Kier molecular flexibility index (Phi) is 6.71. The highest BCUT2D eigenvalue weighted by Crippen LogP contribution is 2.29. The van der Waals surface area contributed by atoms with E-state index < -0.39 is 0 Å². The van der Waals surface area contributed by atoms with Crippen molar-refractivity contribution in [2.24, 2.45) is 11.8 Å². The van der Waals surface area contributed by atoms with E-state index in [0.29, 0.717) is 17.6 Å². The second-order valence-electron chi connectivity index (χ2n) is 7.23. The first kappa shape index (κ1) is 19.4. The van der Waals surface area contributed by atoms with Gasteiger partial charge >= 0.3 is 0 Å². The zero-order valence-corrected chi connectivity index (χ0v) is 16.9. The fraction of sp³-hybridized carbons (Fsp3) is 0.476. The van der Waals surface area contributed by atoms with Gasteiger partial charge in [0.25, 0.3) is 5.91 Å². The number of thioether (sulfide) groups is 1. The molecule has 1 amide bonds. The number of amides is 1. The van der Waals surface area contributed by atoms with Gasteiger partial charge < -0.3 is 9.73 Å². The van der Waals surface area contributed by atoms with Gasteiger partial charge in [-0.3, -0.25) is 4.79 Å². The van der Waals surface area contributed by atoms with Crippen molar-refractivity contribution in [3.05, 3.63) is 58.5 Å². The lowest BCUT2D eigenvalue weighted by molar-refractivity contribution is 0.0861. The molecule has 1 aliphatic rings. The number of nitrogens with one attached hydrogen (secondary N) is 1. The normalized spacial score (nSPS) is 23.0. The van der Waals surface area contributed by atoms with Gasteiger partial charge in [0.1, 0.15) is 5.76 Å². The van der Waals surface area contributed by atoms with Crippen molar-refractivity contribution in [1.82, 2.24) is 5.32 Å². The molecule has 3 unspecified atom stereocenters. The van der Waals surface area contributed by atoms with E-state index in [2.05, 4.69) is 19.2 Å². The molecule has 2 aromatic rings. The molecule has 1 aromatic carbocycles. The molecular weight excluding hydrogens is 366 g/mol. The summed E-state index contributed by atoms with van der Waals surface area (Å²) in [6.45, 7) is 4.50. The van der Waals surface area contributed by atoms with Gasteiger partial charge in [-0.1, -0.05) is 50.4 Å². The maximum absolute atomic E-state index is 12.5. The summed E-state index contributed by atoms with van der Waals surface area (Å²) in [4.78, 5) is 12.5. The van der Waals surface area contributed by atoms with Crippen molar-refractivity contribution >= 4 is 29.3 Å².